The number of nitro benzene ring substituents is 1. The zero-order chi connectivity index (χ0) is 16.4. The Morgan fingerprint density at radius 2 is 1.95 bits per heavy atom. The summed E-state index contributed by atoms with van der Waals surface area (Å²) in [5.41, 5.74) is 0.572. The van der Waals surface area contributed by atoms with E-state index in [1.807, 2.05) is 0 Å². The van der Waals surface area contributed by atoms with E-state index in [1.165, 1.54) is 12.1 Å². The first kappa shape index (κ1) is 16.6. The molecule has 22 heavy (non-hydrogen) atoms. The van der Waals surface area contributed by atoms with Crippen molar-refractivity contribution in [3.8, 4) is 0 Å². The van der Waals surface area contributed by atoms with Crippen LogP contribution in [0.15, 0.2) is 18.2 Å². The molecule has 0 spiro atoms. The van der Waals surface area contributed by atoms with Crippen LogP contribution in [-0.4, -0.2) is 62.6 Å². The zero-order valence-corrected chi connectivity index (χ0v) is 11.8. The Morgan fingerprint density at radius 3 is 2.55 bits per heavy atom. The number of nitrogens with one attached hydrogen (secondary N) is 1. The minimum Gasteiger partial charge on any atom is -0.394 e. The summed E-state index contributed by atoms with van der Waals surface area (Å²) in [7, 11) is 0. The predicted octanol–water partition coefficient (Wildman–Crippen LogP) is -0.885. The molecule has 0 saturated carbocycles. The second kappa shape index (κ2) is 6.55. The van der Waals surface area contributed by atoms with Gasteiger partial charge < -0.3 is 30.5 Å². The Hall–Kier alpha value is -1.78. The minimum absolute atomic E-state index is 0.0972. The number of anilines is 1. The van der Waals surface area contributed by atoms with Crippen molar-refractivity contribution in [3.63, 3.8) is 0 Å². The van der Waals surface area contributed by atoms with E-state index in [9.17, 15) is 25.4 Å². The average Bonchev–Trinajstić information content (AvgIpc) is 2.49. The molecule has 5 N–H and O–H groups in total. The molecule has 0 unspecified atom stereocenters. The van der Waals surface area contributed by atoms with Crippen molar-refractivity contribution in [2.24, 2.45) is 0 Å². The normalized spacial score (nSPS) is 31.8. The van der Waals surface area contributed by atoms with E-state index >= 15 is 0 Å². The molecule has 1 fully saturated rings. The first-order valence-corrected chi connectivity index (χ1v) is 6.67. The Labute approximate surface area is 125 Å². The first-order valence-electron chi connectivity index (χ1n) is 6.67. The fourth-order valence-electron chi connectivity index (χ4n) is 2.29. The number of ether oxygens (including phenoxy) is 1. The van der Waals surface area contributed by atoms with Gasteiger partial charge in [-0.3, -0.25) is 10.1 Å². The third-order valence-corrected chi connectivity index (χ3v) is 3.54. The van der Waals surface area contributed by atoms with Gasteiger partial charge in [0.1, 0.15) is 30.1 Å². The second-order valence-electron chi connectivity index (χ2n) is 5.17. The largest absolute Gasteiger partial charge is 0.394 e. The summed E-state index contributed by atoms with van der Waals surface area (Å²) < 4.78 is 5.26. The lowest BCUT2D eigenvalue weighted by molar-refractivity contribution is -0.384. The summed E-state index contributed by atoms with van der Waals surface area (Å²) in [5, 5.41) is 52.1. The van der Waals surface area contributed by atoms with Gasteiger partial charge in [-0.05, 0) is 18.6 Å². The van der Waals surface area contributed by atoms with Crippen LogP contribution in [0.1, 0.15) is 5.56 Å². The van der Waals surface area contributed by atoms with Crippen LogP contribution in [0.25, 0.3) is 0 Å². The standard InChI is InChI=1S/C13H18N2O7/c1-6-2-3-7(8(4-6)15(20)21)14-13-12(19)11(18)10(17)9(5-16)22-13/h2-4,9-14,16-19H,5H2,1H3/t9-,10-,11+,12+,13-/m1/s1. The second-order valence-corrected chi connectivity index (χ2v) is 5.17. The summed E-state index contributed by atoms with van der Waals surface area (Å²) in [6.07, 6.45) is -6.84. The smallest absolute Gasteiger partial charge is 0.292 e. The SMILES string of the molecule is Cc1ccc(N[C@@H]2O[C@H](CO)[C@@H](O)[C@H](O)[C@@H]2O)c([N+](=O)[O-])c1. The minimum atomic E-state index is -1.55. The van der Waals surface area contributed by atoms with Crippen LogP contribution in [0.4, 0.5) is 11.4 Å². The van der Waals surface area contributed by atoms with Crippen LogP contribution in [0.5, 0.6) is 0 Å². The summed E-state index contributed by atoms with van der Waals surface area (Å²) >= 11 is 0. The Bertz CT molecular complexity index is 551. The molecular weight excluding hydrogens is 296 g/mol. The van der Waals surface area contributed by atoms with E-state index < -0.39 is 42.2 Å². The lowest BCUT2D eigenvalue weighted by Gasteiger charge is -2.40. The summed E-state index contributed by atoms with van der Waals surface area (Å²) in [6.45, 7) is 1.13. The molecule has 0 bridgehead atoms. The van der Waals surface area contributed by atoms with Gasteiger partial charge in [-0.15, -0.1) is 0 Å². The van der Waals surface area contributed by atoms with Gasteiger partial charge in [-0.1, -0.05) is 6.07 Å². The van der Waals surface area contributed by atoms with Crippen molar-refractivity contribution in [3.05, 3.63) is 33.9 Å². The number of nitro groups is 1. The third-order valence-electron chi connectivity index (χ3n) is 3.54. The van der Waals surface area contributed by atoms with Crippen molar-refractivity contribution >= 4 is 11.4 Å². The first-order chi connectivity index (χ1) is 10.3. The summed E-state index contributed by atoms with van der Waals surface area (Å²) in [5.74, 6) is 0. The average molecular weight is 314 g/mol. The molecule has 122 valence electrons. The fraction of sp³-hybridized carbons (Fsp3) is 0.538. The number of aliphatic hydroxyl groups is 4. The van der Waals surface area contributed by atoms with E-state index in [4.69, 9.17) is 9.84 Å². The maximum absolute atomic E-state index is 11.1. The predicted molar refractivity (Wildman–Crippen MR) is 75.2 cm³/mol. The molecule has 1 aromatic rings. The van der Waals surface area contributed by atoms with Crippen molar-refractivity contribution in [1.82, 2.24) is 0 Å². The molecule has 0 amide bonds. The van der Waals surface area contributed by atoms with E-state index in [1.54, 1.807) is 13.0 Å². The lowest BCUT2D eigenvalue weighted by Crippen LogP contribution is -2.60. The van der Waals surface area contributed by atoms with Gasteiger partial charge in [0.2, 0.25) is 0 Å². The molecule has 1 aliphatic rings. The number of hydrogen-bond donors (Lipinski definition) is 5. The highest BCUT2D eigenvalue weighted by Crippen LogP contribution is 2.29. The van der Waals surface area contributed by atoms with Gasteiger partial charge in [0.25, 0.3) is 5.69 Å². The van der Waals surface area contributed by atoms with E-state index in [0.717, 1.165) is 0 Å². The summed E-state index contributed by atoms with van der Waals surface area (Å²) in [6, 6.07) is 4.45. The molecule has 2 rings (SSSR count). The number of aliphatic hydroxyl groups excluding tert-OH is 4. The van der Waals surface area contributed by atoms with Crippen molar-refractivity contribution in [2.75, 3.05) is 11.9 Å². The fourth-order valence-corrected chi connectivity index (χ4v) is 2.29. The highest BCUT2D eigenvalue weighted by Gasteiger charge is 2.43. The number of rotatable bonds is 4. The third kappa shape index (κ3) is 3.18. The van der Waals surface area contributed by atoms with E-state index in [2.05, 4.69) is 5.32 Å². The van der Waals surface area contributed by atoms with Gasteiger partial charge in [-0.25, -0.2) is 0 Å². The molecule has 9 nitrogen and oxygen atoms in total. The van der Waals surface area contributed by atoms with Crippen LogP contribution in [0, 0.1) is 17.0 Å². The number of aryl methyl sites for hydroxylation is 1. The molecule has 0 aliphatic carbocycles. The van der Waals surface area contributed by atoms with Gasteiger partial charge in [0, 0.05) is 6.07 Å². The number of nitrogens with zero attached hydrogens (tertiary/aromatic N) is 1. The van der Waals surface area contributed by atoms with Crippen LogP contribution in [-0.2, 0) is 4.74 Å². The van der Waals surface area contributed by atoms with Crippen molar-refractivity contribution < 1.29 is 30.1 Å². The Kier molecular flexibility index (Phi) is 4.94. The Morgan fingerprint density at radius 1 is 1.27 bits per heavy atom. The van der Waals surface area contributed by atoms with Gasteiger partial charge in [0.05, 0.1) is 11.5 Å². The Balaban J connectivity index is 2.24. The molecule has 1 saturated heterocycles. The highest BCUT2D eigenvalue weighted by atomic mass is 16.6. The molecule has 1 aromatic carbocycles. The molecular formula is C13H18N2O7. The van der Waals surface area contributed by atoms with Crippen molar-refractivity contribution in [1.29, 1.82) is 0 Å². The molecule has 9 heteroatoms. The monoisotopic (exact) mass is 314 g/mol. The zero-order valence-electron chi connectivity index (χ0n) is 11.8. The molecule has 5 atom stereocenters. The van der Waals surface area contributed by atoms with Gasteiger partial charge in [-0.2, -0.15) is 0 Å². The quantitative estimate of drug-likeness (QED) is 0.355. The van der Waals surface area contributed by atoms with Gasteiger partial charge >= 0.3 is 0 Å². The van der Waals surface area contributed by atoms with Gasteiger partial charge in [0.15, 0.2) is 6.23 Å². The maximum Gasteiger partial charge on any atom is 0.292 e. The molecule has 1 heterocycles. The summed E-state index contributed by atoms with van der Waals surface area (Å²) in [4.78, 5) is 10.5. The molecule has 0 aromatic heterocycles. The molecule has 1 aliphatic heterocycles. The van der Waals surface area contributed by atoms with Crippen molar-refractivity contribution in [2.45, 2.75) is 37.6 Å². The van der Waals surface area contributed by atoms with Crippen LogP contribution in [0.2, 0.25) is 0 Å². The lowest BCUT2D eigenvalue weighted by atomic mass is 9.98. The van der Waals surface area contributed by atoms with E-state index in [-0.39, 0.29) is 11.4 Å². The highest BCUT2D eigenvalue weighted by molar-refractivity contribution is 5.62. The number of benzene rings is 1. The van der Waals surface area contributed by atoms with Crippen LogP contribution < -0.4 is 5.32 Å². The molecule has 0 radical (unpaired) electrons. The maximum atomic E-state index is 11.1. The topological polar surface area (TPSA) is 145 Å². The van der Waals surface area contributed by atoms with Crippen LogP contribution >= 0.6 is 0 Å². The van der Waals surface area contributed by atoms with E-state index in [0.29, 0.717) is 5.56 Å². The number of hydrogen-bond acceptors (Lipinski definition) is 8. The van der Waals surface area contributed by atoms with Crippen LogP contribution in [0.3, 0.4) is 0 Å².